The number of aliphatic hydroxyl groups is 1. The lowest BCUT2D eigenvalue weighted by molar-refractivity contribution is -0.387. The molecule has 1 aromatic carbocycles. The van der Waals surface area contributed by atoms with Crippen LogP contribution in [0.1, 0.15) is 26.7 Å². The molecule has 0 heterocycles. The Morgan fingerprint density at radius 2 is 1.95 bits per heavy atom. The van der Waals surface area contributed by atoms with Crippen molar-refractivity contribution in [1.29, 1.82) is 0 Å². The van der Waals surface area contributed by atoms with Gasteiger partial charge in [-0.2, -0.15) is 0 Å². The van der Waals surface area contributed by atoms with Crippen molar-refractivity contribution in [2.45, 2.75) is 37.2 Å². The highest BCUT2D eigenvalue weighted by atomic mass is 35.5. The van der Waals surface area contributed by atoms with Crippen molar-refractivity contribution in [3.8, 4) is 0 Å². The molecule has 0 aliphatic heterocycles. The number of sulfonamides is 1. The van der Waals surface area contributed by atoms with Crippen LogP contribution in [0.3, 0.4) is 0 Å². The Kier molecular flexibility index (Phi) is 5.68. The molecule has 0 radical (unpaired) electrons. The Labute approximate surface area is 128 Å². The predicted molar refractivity (Wildman–Crippen MR) is 78.8 cm³/mol. The van der Waals surface area contributed by atoms with Gasteiger partial charge in [-0.05, 0) is 25.0 Å². The fourth-order valence-electron chi connectivity index (χ4n) is 1.67. The lowest BCUT2D eigenvalue weighted by Crippen LogP contribution is -2.42. The highest BCUT2D eigenvalue weighted by molar-refractivity contribution is 7.89. The maximum atomic E-state index is 12.2. The molecule has 0 aromatic heterocycles. The minimum Gasteiger partial charge on any atom is -0.389 e. The fourth-order valence-corrected chi connectivity index (χ4v) is 3.10. The summed E-state index contributed by atoms with van der Waals surface area (Å²) in [6, 6.07) is 3.30. The number of hydrogen-bond donors (Lipinski definition) is 2. The van der Waals surface area contributed by atoms with Crippen LogP contribution in [0.15, 0.2) is 23.1 Å². The standard InChI is InChI=1S/C12H17ClN2O5S/c1-3-12(16,4-2)8-14-21(19,20)11-6-5-9(13)7-10(11)15(17)18/h5-7,14,16H,3-4,8H2,1-2H3. The lowest BCUT2D eigenvalue weighted by Gasteiger charge is -2.25. The zero-order valence-corrected chi connectivity index (χ0v) is 13.2. The third-order valence-corrected chi connectivity index (χ3v) is 5.00. The number of nitro benzene ring substituents is 1. The molecule has 0 amide bonds. The maximum absolute atomic E-state index is 12.2. The summed E-state index contributed by atoms with van der Waals surface area (Å²) in [5.41, 5.74) is -1.79. The molecule has 0 bridgehead atoms. The van der Waals surface area contributed by atoms with E-state index >= 15 is 0 Å². The van der Waals surface area contributed by atoms with Gasteiger partial charge in [0.2, 0.25) is 10.0 Å². The third-order valence-electron chi connectivity index (χ3n) is 3.31. The Morgan fingerprint density at radius 3 is 2.43 bits per heavy atom. The average Bonchev–Trinajstić information content (AvgIpc) is 2.44. The smallest absolute Gasteiger partial charge is 0.290 e. The molecule has 0 saturated heterocycles. The van der Waals surface area contributed by atoms with E-state index in [0.29, 0.717) is 12.8 Å². The first kappa shape index (κ1) is 17.8. The SMILES string of the molecule is CCC(O)(CC)CNS(=O)(=O)c1ccc(Cl)cc1[N+](=O)[O-]. The van der Waals surface area contributed by atoms with Crippen LogP contribution in [0, 0.1) is 10.1 Å². The molecule has 0 saturated carbocycles. The first-order valence-electron chi connectivity index (χ1n) is 6.31. The first-order valence-corrected chi connectivity index (χ1v) is 8.17. The molecule has 1 rings (SSSR count). The summed E-state index contributed by atoms with van der Waals surface area (Å²) in [6.45, 7) is 3.23. The second-order valence-electron chi connectivity index (χ2n) is 4.63. The van der Waals surface area contributed by atoms with Gasteiger partial charge in [-0.25, -0.2) is 13.1 Å². The Morgan fingerprint density at radius 1 is 1.38 bits per heavy atom. The van der Waals surface area contributed by atoms with Gasteiger partial charge in [-0.1, -0.05) is 25.4 Å². The minimum absolute atomic E-state index is 0.0688. The van der Waals surface area contributed by atoms with E-state index in [1.165, 1.54) is 6.07 Å². The minimum atomic E-state index is -4.12. The van der Waals surface area contributed by atoms with Crippen molar-refractivity contribution in [3.63, 3.8) is 0 Å². The van der Waals surface area contributed by atoms with Crippen molar-refractivity contribution in [2.75, 3.05) is 6.54 Å². The van der Waals surface area contributed by atoms with Crippen LogP contribution in [0.2, 0.25) is 5.02 Å². The molecule has 1 aromatic rings. The number of halogens is 1. The molecule has 0 aliphatic rings. The molecule has 2 N–H and O–H groups in total. The van der Waals surface area contributed by atoms with Crippen molar-refractivity contribution in [1.82, 2.24) is 4.72 Å². The molecule has 0 aliphatic carbocycles. The van der Waals surface area contributed by atoms with Gasteiger partial charge < -0.3 is 5.11 Å². The summed E-state index contributed by atoms with van der Waals surface area (Å²) in [6.07, 6.45) is 0.712. The van der Waals surface area contributed by atoms with Crippen molar-refractivity contribution >= 4 is 27.3 Å². The summed E-state index contributed by atoms with van der Waals surface area (Å²) >= 11 is 5.65. The molecule has 0 spiro atoms. The Bertz CT molecular complexity index is 629. The largest absolute Gasteiger partial charge is 0.389 e. The van der Waals surface area contributed by atoms with Gasteiger partial charge in [0.1, 0.15) is 0 Å². The van der Waals surface area contributed by atoms with E-state index in [-0.39, 0.29) is 11.6 Å². The molecule has 21 heavy (non-hydrogen) atoms. The number of benzene rings is 1. The Hall–Kier alpha value is -1.22. The summed E-state index contributed by atoms with van der Waals surface area (Å²) in [4.78, 5) is 9.65. The second-order valence-corrected chi connectivity index (χ2v) is 6.80. The number of hydrogen-bond acceptors (Lipinski definition) is 5. The van der Waals surface area contributed by atoms with Gasteiger partial charge in [0.15, 0.2) is 4.90 Å². The summed E-state index contributed by atoms with van der Waals surface area (Å²) < 4.78 is 26.6. The summed E-state index contributed by atoms with van der Waals surface area (Å²) in [5, 5.41) is 21.1. The predicted octanol–water partition coefficient (Wildman–Crippen LogP) is 2.08. The van der Waals surface area contributed by atoms with Gasteiger partial charge in [-0.3, -0.25) is 10.1 Å². The molecular formula is C12H17ClN2O5S. The van der Waals surface area contributed by atoms with Crippen LogP contribution >= 0.6 is 11.6 Å². The molecule has 118 valence electrons. The number of nitro groups is 1. The molecule has 7 nitrogen and oxygen atoms in total. The van der Waals surface area contributed by atoms with Gasteiger partial charge in [-0.15, -0.1) is 0 Å². The first-order chi connectivity index (χ1) is 9.65. The zero-order valence-electron chi connectivity index (χ0n) is 11.7. The topological polar surface area (TPSA) is 110 Å². The number of rotatable bonds is 7. The quantitative estimate of drug-likeness (QED) is 0.585. The van der Waals surface area contributed by atoms with E-state index in [0.717, 1.165) is 12.1 Å². The Balaban J connectivity index is 3.12. The maximum Gasteiger partial charge on any atom is 0.290 e. The summed E-state index contributed by atoms with van der Waals surface area (Å²) in [7, 11) is -4.12. The van der Waals surface area contributed by atoms with E-state index in [1.807, 2.05) is 0 Å². The highest BCUT2D eigenvalue weighted by Crippen LogP contribution is 2.27. The number of nitrogens with one attached hydrogen (secondary N) is 1. The van der Waals surface area contributed by atoms with Crippen LogP contribution in [-0.4, -0.2) is 30.6 Å². The van der Waals surface area contributed by atoms with E-state index in [2.05, 4.69) is 4.72 Å². The third kappa shape index (κ3) is 4.37. The van der Waals surface area contributed by atoms with Crippen LogP contribution in [0.5, 0.6) is 0 Å². The molecule has 0 unspecified atom stereocenters. The lowest BCUT2D eigenvalue weighted by atomic mass is 9.98. The van der Waals surface area contributed by atoms with Gasteiger partial charge >= 0.3 is 0 Å². The van der Waals surface area contributed by atoms with Crippen LogP contribution in [0.25, 0.3) is 0 Å². The van der Waals surface area contributed by atoms with E-state index in [1.54, 1.807) is 13.8 Å². The monoisotopic (exact) mass is 336 g/mol. The zero-order chi connectivity index (χ0) is 16.3. The second kappa shape index (κ2) is 6.69. The van der Waals surface area contributed by atoms with Crippen LogP contribution in [0.4, 0.5) is 5.69 Å². The molecule has 0 atom stereocenters. The van der Waals surface area contributed by atoms with Crippen molar-refractivity contribution in [2.24, 2.45) is 0 Å². The van der Waals surface area contributed by atoms with Gasteiger partial charge in [0, 0.05) is 17.6 Å². The normalized spacial score (nSPS) is 12.4. The van der Waals surface area contributed by atoms with E-state index in [9.17, 15) is 23.6 Å². The highest BCUT2D eigenvalue weighted by Gasteiger charge is 2.29. The molecular weight excluding hydrogens is 320 g/mol. The fraction of sp³-hybridized carbons (Fsp3) is 0.500. The summed E-state index contributed by atoms with van der Waals surface area (Å²) in [5.74, 6) is 0. The van der Waals surface area contributed by atoms with Crippen molar-refractivity contribution in [3.05, 3.63) is 33.3 Å². The molecule has 9 heteroatoms. The van der Waals surface area contributed by atoms with Gasteiger partial charge in [0.05, 0.1) is 10.5 Å². The van der Waals surface area contributed by atoms with Crippen LogP contribution < -0.4 is 4.72 Å². The number of nitrogens with zero attached hydrogens (tertiary/aromatic N) is 1. The average molecular weight is 337 g/mol. The molecule has 0 fully saturated rings. The van der Waals surface area contributed by atoms with E-state index in [4.69, 9.17) is 11.6 Å². The van der Waals surface area contributed by atoms with Gasteiger partial charge in [0.25, 0.3) is 5.69 Å². The van der Waals surface area contributed by atoms with E-state index < -0.39 is 31.1 Å². The van der Waals surface area contributed by atoms with Crippen LogP contribution in [-0.2, 0) is 10.0 Å². The van der Waals surface area contributed by atoms with Crippen molar-refractivity contribution < 1.29 is 18.4 Å².